The van der Waals surface area contributed by atoms with Gasteiger partial charge in [0.05, 0.1) is 5.71 Å². The Morgan fingerprint density at radius 2 is 1.71 bits per heavy atom. The van der Waals surface area contributed by atoms with Crippen LogP contribution >= 0.6 is 0 Å². The third-order valence-corrected chi connectivity index (χ3v) is 3.65. The first-order valence-corrected chi connectivity index (χ1v) is 8.50. The lowest BCUT2D eigenvalue weighted by atomic mass is 10.1. The number of carbonyl (C=O) groups is 2. The predicted molar refractivity (Wildman–Crippen MR) is 103 cm³/mol. The van der Waals surface area contributed by atoms with Gasteiger partial charge in [0, 0.05) is 20.2 Å². The number of rotatable bonds is 8. The van der Waals surface area contributed by atoms with Gasteiger partial charge in [-0.2, -0.15) is 5.10 Å². The third kappa shape index (κ3) is 6.71. The van der Waals surface area contributed by atoms with E-state index in [-0.39, 0.29) is 24.9 Å². The molecule has 2 aromatic rings. The molecule has 0 bridgehead atoms. The van der Waals surface area contributed by atoms with E-state index in [2.05, 4.69) is 10.5 Å². The first-order chi connectivity index (χ1) is 13.3. The van der Waals surface area contributed by atoms with Gasteiger partial charge in [-0.25, -0.2) is 9.82 Å². The molecule has 0 aliphatic heterocycles. The molecule has 2 rings (SSSR count). The molecule has 0 aromatic heterocycles. The zero-order chi connectivity index (χ0) is 20.5. The normalized spacial score (nSPS) is 10.9. The van der Waals surface area contributed by atoms with Crippen molar-refractivity contribution in [2.24, 2.45) is 5.10 Å². The molecule has 0 saturated carbocycles. The van der Waals surface area contributed by atoms with Crippen LogP contribution < -0.4 is 14.9 Å². The van der Waals surface area contributed by atoms with Crippen molar-refractivity contribution in [3.63, 3.8) is 0 Å². The quantitative estimate of drug-likeness (QED) is 0.556. The molecule has 0 spiro atoms. The maximum atomic E-state index is 13.1. The summed E-state index contributed by atoms with van der Waals surface area (Å²) in [5, 5.41) is 4.01. The second-order valence-corrected chi connectivity index (χ2v) is 6.08. The number of benzene rings is 2. The SMILES string of the molecule is C/C(=N/NC(=O)COc1cccc(F)c1)c1ccc(OCC(=O)N(C)C)cc1. The summed E-state index contributed by atoms with van der Waals surface area (Å²) in [5.74, 6) is -0.223. The highest BCUT2D eigenvalue weighted by Gasteiger charge is 2.06. The van der Waals surface area contributed by atoms with Crippen LogP contribution in [0.3, 0.4) is 0 Å². The Kier molecular flexibility index (Phi) is 7.50. The average Bonchev–Trinajstić information content (AvgIpc) is 2.69. The number of hydrazone groups is 1. The van der Waals surface area contributed by atoms with Crippen molar-refractivity contribution in [1.29, 1.82) is 0 Å². The van der Waals surface area contributed by atoms with E-state index in [1.54, 1.807) is 51.4 Å². The van der Waals surface area contributed by atoms with Crippen molar-refractivity contribution in [1.82, 2.24) is 10.3 Å². The number of halogens is 1. The fourth-order valence-corrected chi connectivity index (χ4v) is 2.02. The van der Waals surface area contributed by atoms with E-state index in [1.807, 2.05) is 0 Å². The van der Waals surface area contributed by atoms with E-state index in [0.29, 0.717) is 11.5 Å². The molecule has 0 saturated heterocycles. The van der Waals surface area contributed by atoms with Crippen molar-refractivity contribution in [3.8, 4) is 11.5 Å². The molecule has 0 unspecified atom stereocenters. The van der Waals surface area contributed by atoms with Crippen LogP contribution in [0.1, 0.15) is 12.5 Å². The number of amides is 2. The highest BCUT2D eigenvalue weighted by atomic mass is 19.1. The zero-order valence-corrected chi connectivity index (χ0v) is 15.9. The summed E-state index contributed by atoms with van der Waals surface area (Å²) in [6, 6.07) is 12.5. The van der Waals surface area contributed by atoms with E-state index >= 15 is 0 Å². The van der Waals surface area contributed by atoms with Gasteiger partial charge in [0.15, 0.2) is 13.2 Å². The number of hydrogen-bond acceptors (Lipinski definition) is 5. The standard InChI is InChI=1S/C20H22FN3O4/c1-14(15-7-9-17(10-8-15)28-13-20(26)24(2)3)22-23-19(25)12-27-18-6-4-5-16(21)11-18/h4-11H,12-13H2,1-3H3,(H,23,25)/b22-14-. The van der Waals surface area contributed by atoms with Crippen LogP contribution in [-0.2, 0) is 9.59 Å². The fourth-order valence-electron chi connectivity index (χ4n) is 2.02. The van der Waals surface area contributed by atoms with Gasteiger partial charge in [-0.1, -0.05) is 6.07 Å². The second-order valence-electron chi connectivity index (χ2n) is 6.08. The van der Waals surface area contributed by atoms with E-state index in [4.69, 9.17) is 9.47 Å². The second kappa shape index (κ2) is 10.1. The van der Waals surface area contributed by atoms with Crippen molar-refractivity contribution in [3.05, 3.63) is 59.9 Å². The van der Waals surface area contributed by atoms with Crippen LogP contribution in [0, 0.1) is 5.82 Å². The molecule has 0 atom stereocenters. The molecule has 0 aliphatic rings. The molecule has 0 fully saturated rings. The van der Waals surface area contributed by atoms with Crippen LogP contribution in [-0.4, -0.2) is 49.7 Å². The summed E-state index contributed by atoms with van der Waals surface area (Å²) in [6.45, 7) is 1.41. The predicted octanol–water partition coefficient (Wildman–Crippen LogP) is 2.21. The van der Waals surface area contributed by atoms with E-state index in [0.717, 1.165) is 5.56 Å². The van der Waals surface area contributed by atoms with Gasteiger partial charge in [-0.15, -0.1) is 0 Å². The molecular formula is C20H22FN3O4. The van der Waals surface area contributed by atoms with Gasteiger partial charge >= 0.3 is 0 Å². The molecule has 8 heteroatoms. The van der Waals surface area contributed by atoms with Gasteiger partial charge < -0.3 is 14.4 Å². The summed E-state index contributed by atoms with van der Waals surface area (Å²) in [6.07, 6.45) is 0. The first kappa shape index (κ1) is 20.9. The Balaban J connectivity index is 1.83. The Morgan fingerprint density at radius 1 is 1.04 bits per heavy atom. The van der Waals surface area contributed by atoms with Gasteiger partial charge in [-0.3, -0.25) is 9.59 Å². The molecule has 2 amide bonds. The van der Waals surface area contributed by atoms with E-state index < -0.39 is 11.7 Å². The number of carbonyl (C=O) groups excluding carboxylic acids is 2. The number of likely N-dealkylation sites (N-methyl/N-ethyl adjacent to an activating group) is 1. The first-order valence-electron chi connectivity index (χ1n) is 8.50. The van der Waals surface area contributed by atoms with Gasteiger partial charge in [0.1, 0.15) is 17.3 Å². The van der Waals surface area contributed by atoms with Crippen molar-refractivity contribution < 1.29 is 23.5 Å². The monoisotopic (exact) mass is 387 g/mol. The van der Waals surface area contributed by atoms with E-state index in [1.165, 1.54) is 23.1 Å². The summed E-state index contributed by atoms with van der Waals surface area (Å²) in [5.41, 5.74) is 3.74. The highest BCUT2D eigenvalue weighted by molar-refractivity contribution is 5.99. The largest absolute Gasteiger partial charge is 0.484 e. The Morgan fingerprint density at radius 3 is 2.36 bits per heavy atom. The molecule has 0 heterocycles. The minimum Gasteiger partial charge on any atom is -0.484 e. The lowest BCUT2D eigenvalue weighted by Crippen LogP contribution is -2.27. The van der Waals surface area contributed by atoms with Gasteiger partial charge in [0.25, 0.3) is 11.8 Å². The molecule has 148 valence electrons. The summed E-state index contributed by atoms with van der Waals surface area (Å²) >= 11 is 0. The molecule has 0 aliphatic carbocycles. The van der Waals surface area contributed by atoms with Crippen molar-refractivity contribution >= 4 is 17.5 Å². The minimum atomic E-state index is -0.467. The number of hydrogen-bond donors (Lipinski definition) is 1. The summed E-state index contributed by atoms with van der Waals surface area (Å²) < 4.78 is 23.7. The maximum Gasteiger partial charge on any atom is 0.277 e. The lowest BCUT2D eigenvalue weighted by Gasteiger charge is -2.11. The molecule has 1 N–H and O–H groups in total. The third-order valence-electron chi connectivity index (χ3n) is 3.65. The zero-order valence-electron chi connectivity index (χ0n) is 15.9. The Bertz CT molecular complexity index is 851. The molecule has 7 nitrogen and oxygen atoms in total. The lowest BCUT2D eigenvalue weighted by molar-refractivity contribution is -0.130. The van der Waals surface area contributed by atoms with Crippen molar-refractivity contribution in [2.75, 3.05) is 27.3 Å². The summed E-state index contributed by atoms with van der Waals surface area (Å²) in [7, 11) is 3.32. The summed E-state index contributed by atoms with van der Waals surface area (Å²) in [4.78, 5) is 24.8. The maximum absolute atomic E-state index is 13.1. The smallest absolute Gasteiger partial charge is 0.277 e. The van der Waals surface area contributed by atoms with Gasteiger partial charge in [-0.05, 0) is 48.9 Å². The Labute approximate surface area is 162 Å². The van der Waals surface area contributed by atoms with Crippen LogP contribution in [0.4, 0.5) is 4.39 Å². The Hall–Kier alpha value is -3.42. The molecular weight excluding hydrogens is 365 g/mol. The van der Waals surface area contributed by atoms with Gasteiger partial charge in [0.2, 0.25) is 0 Å². The van der Waals surface area contributed by atoms with Crippen LogP contribution in [0.2, 0.25) is 0 Å². The number of nitrogens with one attached hydrogen (secondary N) is 1. The molecule has 2 aromatic carbocycles. The topological polar surface area (TPSA) is 80.2 Å². The average molecular weight is 387 g/mol. The highest BCUT2D eigenvalue weighted by Crippen LogP contribution is 2.13. The van der Waals surface area contributed by atoms with Crippen LogP contribution in [0.5, 0.6) is 11.5 Å². The van der Waals surface area contributed by atoms with E-state index in [9.17, 15) is 14.0 Å². The van der Waals surface area contributed by atoms with Crippen LogP contribution in [0.25, 0.3) is 0 Å². The minimum absolute atomic E-state index is 0.0409. The number of ether oxygens (including phenoxy) is 2. The van der Waals surface area contributed by atoms with Crippen molar-refractivity contribution in [2.45, 2.75) is 6.92 Å². The number of nitrogens with zero attached hydrogens (tertiary/aromatic N) is 2. The molecule has 0 radical (unpaired) electrons. The molecule has 28 heavy (non-hydrogen) atoms. The fraction of sp³-hybridized carbons (Fsp3) is 0.250. The van der Waals surface area contributed by atoms with Crippen LogP contribution in [0.15, 0.2) is 53.6 Å².